The number of rotatable bonds is 3. The summed E-state index contributed by atoms with van der Waals surface area (Å²) in [5.41, 5.74) is 0.374. The van der Waals surface area contributed by atoms with E-state index in [1.165, 1.54) is 6.07 Å². The summed E-state index contributed by atoms with van der Waals surface area (Å²) in [6.45, 7) is 1.18. The van der Waals surface area contributed by atoms with E-state index in [9.17, 15) is 9.18 Å². The molecule has 1 aliphatic heterocycles. The summed E-state index contributed by atoms with van der Waals surface area (Å²) in [4.78, 5) is 11.8. The molecular weight excluding hydrogens is 291 g/mol. The fraction of sp³-hybridized carbons (Fsp3) is 0.417. The van der Waals surface area contributed by atoms with Gasteiger partial charge in [0.15, 0.2) is 5.78 Å². The lowest BCUT2D eigenvalue weighted by Gasteiger charge is -2.21. The highest BCUT2D eigenvalue weighted by Gasteiger charge is 2.23. The van der Waals surface area contributed by atoms with Crippen molar-refractivity contribution in [2.75, 3.05) is 19.8 Å². The number of benzene rings is 1. The minimum absolute atomic E-state index is 0.0271. The number of carbonyl (C=O) groups is 1. The van der Waals surface area contributed by atoms with Crippen molar-refractivity contribution >= 4 is 21.7 Å². The Morgan fingerprint density at radius 3 is 3.00 bits per heavy atom. The molecule has 0 aliphatic carbocycles. The van der Waals surface area contributed by atoms with Gasteiger partial charge in [0.05, 0.1) is 19.8 Å². The van der Waals surface area contributed by atoms with Crippen LogP contribution in [-0.2, 0) is 20.7 Å². The van der Waals surface area contributed by atoms with E-state index in [1.807, 2.05) is 0 Å². The van der Waals surface area contributed by atoms with Gasteiger partial charge in [-0.3, -0.25) is 4.79 Å². The molecule has 1 aromatic carbocycles. The summed E-state index contributed by atoms with van der Waals surface area (Å²) in [6.07, 6.45) is -0.540. The summed E-state index contributed by atoms with van der Waals surface area (Å²) in [6, 6.07) is 4.55. The predicted molar refractivity (Wildman–Crippen MR) is 63.4 cm³/mol. The molecule has 1 unspecified atom stereocenters. The third kappa shape index (κ3) is 3.34. The molecule has 92 valence electrons. The second kappa shape index (κ2) is 5.71. The number of Topliss-reactive ketones (excluding diaryl/α,β-unsaturated/α-hetero) is 1. The Bertz CT molecular complexity index is 416. The van der Waals surface area contributed by atoms with Crippen LogP contribution in [-0.4, -0.2) is 31.7 Å². The second-order valence-corrected chi connectivity index (χ2v) is 4.73. The fourth-order valence-corrected chi connectivity index (χ4v) is 2.06. The van der Waals surface area contributed by atoms with E-state index in [0.717, 1.165) is 4.47 Å². The Hall–Kier alpha value is -0.780. The van der Waals surface area contributed by atoms with Gasteiger partial charge in [0.25, 0.3) is 0 Å². The summed E-state index contributed by atoms with van der Waals surface area (Å²) in [5, 5.41) is 0. The standard InChI is InChI=1S/C12H12BrFO3/c13-9-1-2-10(14)8(5-9)6-11(15)12-7-16-3-4-17-12/h1-2,5,12H,3-4,6-7H2. The number of hydrogen-bond acceptors (Lipinski definition) is 3. The Balaban J connectivity index is 2.04. The van der Waals surface area contributed by atoms with Crippen LogP contribution in [0.25, 0.3) is 0 Å². The molecule has 2 rings (SSSR count). The predicted octanol–water partition coefficient (Wildman–Crippen LogP) is 2.12. The van der Waals surface area contributed by atoms with Crippen LogP contribution in [0.15, 0.2) is 22.7 Å². The first-order valence-electron chi connectivity index (χ1n) is 5.33. The van der Waals surface area contributed by atoms with E-state index < -0.39 is 6.10 Å². The van der Waals surface area contributed by atoms with Gasteiger partial charge in [-0.2, -0.15) is 0 Å². The van der Waals surface area contributed by atoms with Crippen LogP contribution in [0.4, 0.5) is 4.39 Å². The molecule has 5 heteroatoms. The van der Waals surface area contributed by atoms with Gasteiger partial charge >= 0.3 is 0 Å². The molecule has 1 fully saturated rings. The second-order valence-electron chi connectivity index (χ2n) is 3.81. The minimum atomic E-state index is -0.567. The smallest absolute Gasteiger partial charge is 0.168 e. The Morgan fingerprint density at radius 2 is 2.29 bits per heavy atom. The molecule has 1 atom stereocenters. The Labute approximate surface area is 107 Å². The van der Waals surface area contributed by atoms with Crippen LogP contribution in [0, 0.1) is 5.82 Å². The topological polar surface area (TPSA) is 35.5 Å². The third-order valence-corrected chi connectivity index (χ3v) is 3.04. The highest BCUT2D eigenvalue weighted by Crippen LogP contribution is 2.17. The van der Waals surface area contributed by atoms with E-state index in [4.69, 9.17) is 9.47 Å². The lowest BCUT2D eigenvalue weighted by atomic mass is 10.0. The summed E-state index contributed by atoms with van der Waals surface area (Å²) in [7, 11) is 0. The van der Waals surface area contributed by atoms with Crippen molar-refractivity contribution in [1.29, 1.82) is 0 Å². The normalized spacial score (nSPS) is 20.2. The van der Waals surface area contributed by atoms with E-state index in [0.29, 0.717) is 18.8 Å². The van der Waals surface area contributed by atoms with Gasteiger partial charge in [-0.1, -0.05) is 15.9 Å². The van der Waals surface area contributed by atoms with Crippen molar-refractivity contribution in [1.82, 2.24) is 0 Å². The molecule has 17 heavy (non-hydrogen) atoms. The zero-order chi connectivity index (χ0) is 12.3. The molecule has 0 aromatic heterocycles. The first kappa shape index (κ1) is 12.7. The lowest BCUT2D eigenvalue weighted by Crippen LogP contribution is -2.36. The van der Waals surface area contributed by atoms with Crippen molar-refractivity contribution in [2.24, 2.45) is 0 Å². The maximum absolute atomic E-state index is 13.5. The number of halogens is 2. The highest BCUT2D eigenvalue weighted by atomic mass is 79.9. The van der Waals surface area contributed by atoms with E-state index in [2.05, 4.69) is 15.9 Å². The van der Waals surface area contributed by atoms with Gasteiger partial charge in [-0.15, -0.1) is 0 Å². The van der Waals surface area contributed by atoms with Gasteiger partial charge < -0.3 is 9.47 Å². The quantitative estimate of drug-likeness (QED) is 0.858. The van der Waals surface area contributed by atoms with Crippen molar-refractivity contribution < 1.29 is 18.7 Å². The average Bonchev–Trinajstić information content (AvgIpc) is 2.35. The highest BCUT2D eigenvalue weighted by molar-refractivity contribution is 9.10. The van der Waals surface area contributed by atoms with Gasteiger partial charge in [-0.25, -0.2) is 4.39 Å². The molecule has 0 N–H and O–H groups in total. The first-order chi connectivity index (χ1) is 8.16. The number of ether oxygens (including phenoxy) is 2. The maximum Gasteiger partial charge on any atom is 0.168 e. The molecule has 3 nitrogen and oxygen atoms in total. The van der Waals surface area contributed by atoms with E-state index >= 15 is 0 Å². The molecule has 1 aromatic rings. The van der Waals surface area contributed by atoms with Gasteiger partial charge in [0.1, 0.15) is 11.9 Å². The number of hydrogen-bond donors (Lipinski definition) is 0. The van der Waals surface area contributed by atoms with E-state index in [1.54, 1.807) is 12.1 Å². The SMILES string of the molecule is O=C(Cc1cc(Br)ccc1F)C1COCCO1. The molecular formula is C12H12BrFO3. The zero-order valence-electron chi connectivity index (χ0n) is 9.12. The molecule has 1 heterocycles. The molecule has 0 amide bonds. The largest absolute Gasteiger partial charge is 0.376 e. The molecule has 0 radical (unpaired) electrons. The third-order valence-electron chi connectivity index (χ3n) is 2.55. The van der Waals surface area contributed by atoms with Crippen molar-refractivity contribution in [3.63, 3.8) is 0 Å². The molecule has 1 saturated heterocycles. The van der Waals surface area contributed by atoms with E-state index in [-0.39, 0.29) is 24.6 Å². The van der Waals surface area contributed by atoms with Crippen LogP contribution in [0.2, 0.25) is 0 Å². The summed E-state index contributed by atoms with van der Waals surface area (Å²) in [5.74, 6) is -0.528. The van der Waals surface area contributed by atoms with Gasteiger partial charge in [0.2, 0.25) is 0 Å². The minimum Gasteiger partial charge on any atom is -0.376 e. The number of carbonyl (C=O) groups excluding carboxylic acids is 1. The molecule has 0 bridgehead atoms. The zero-order valence-corrected chi connectivity index (χ0v) is 10.7. The first-order valence-corrected chi connectivity index (χ1v) is 6.12. The monoisotopic (exact) mass is 302 g/mol. The molecule has 1 aliphatic rings. The fourth-order valence-electron chi connectivity index (χ4n) is 1.65. The van der Waals surface area contributed by atoms with Gasteiger partial charge in [0, 0.05) is 10.9 Å². The van der Waals surface area contributed by atoms with Crippen LogP contribution in [0.3, 0.4) is 0 Å². The molecule has 0 saturated carbocycles. The molecule has 0 spiro atoms. The van der Waals surface area contributed by atoms with Crippen LogP contribution >= 0.6 is 15.9 Å². The van der Waals surface area contributed by atoms with Crippen LogP contribution in [0.5, 0.6) is 0 Å². The maximum atomic E-state index is 13.5. The van der Waals surface area contributed by atoms with Crippen LogP contribution in [0.1, 0.15) is 5.56 Å². The van der Waals surface area contributed by atoms with Gasteiger partial charge in [-0.05, 0) is 23.8 Å². The number of ketones is 1. The summed E-state index contributed by atoms with van der Waals surface area (Å²) < 4.78 is 24.6. The van der Waals surface area contributed by atoms with Crippen molar-refractivity contribution in [2.45, 2.75) is 12.5 Å². The van der Waals surface area contributed by atoms with Crippen LogP contribution < -0.4 is 0 Å². The summed E-state index contributed by atoms with van der Waals surface area (Å²) >= 11 is 3.25. The lowest BCUT2D eigenvalue weighted by molar-refractivity contribution is -0.144. The van der Waals surface area contributed by atoms with Crippen molar-refractivity contribution in [3.05, 3.63) is 34.1 Å². The average molecular weight is 303 g/mol. The van der Waals surface area contributed by atoms with Crippen molar-refractivity contribution in [3.8, 4) is 0 Å². The Kier molecular flexibility index (Phi) is 4.25. The Morgan fingerprint density at radius 1 is 1.47 bits per heavy atom.